The molecule has 0 bridgehead atoms. The van der Waals surface area contributed by atoms with Gasteiger partial charge in [-0.25, -0.2) is 4.68 Å². The molecule has 150 valence electrons. The molecule has 2 aromatic heterocycles. The van der Waals surface area contributed by atoms with E-state index >= 15 is 0 Å². The van der Waals surface area contributed by atoms with E-state index in [9.17, 15) is 4.79 Å². The molecule has 2 aromatic carbocycles. The van der Waals surface area contributed by atoms with E-state index in [1.807, 2.05) is 53.3 Å². The van der Waals surface area contributed by atoms with Crippen molar-refractivity contribution >= 4 is 11.6 Å². The van der Waals surface area contributed by atoms with Crippen LogP contribution in [-0.4, -0.2) is 20.7 Å². The van der Waals surface area contributed by atoms with Crippen molar-refractivity contribution in [3.63, 3.8) is 0 Å². The first kappa shape index (κ1) is 19.5. The topological polar surface area (TPSA) is 71.8 Å². The highest BCUT2D eigenvalue weighted by molar-refractivity contribution is 6.04. The largest absolute Gasteiger partial charge is 0.322 e. The Bertz CT molecular complexity index is 1090. The lowest BCUT2D eigenvalue weighted by Gasteiger charge is -2.15. The Morgan fingerprint density at radius 2 is 1.80 bits per heavy atom. The predicted molar refractivity (Wildman–Crippen MR) is 117 cm³/mol. The fraction of sp³-hybridized carbons (Fsp3) is 0.125. The van der Waals surface area contributed by atoms with Gasteiger partial charge in [0.2, 0.25) is 0 Å². The summed E-state index contributed by atoms with van der Waals surface area (Å²) in [5, 5.41) is 10.7. The highest BCUT2D eigenvalue weighted by Crippen LogP contribution is 2.18. The van der Waals surface area contributed by atoms with Crippen molar-refractivity contribution in [1.29, 1.82) is 0 Å². The summed E-state index contributed by atoms with van der Waals surface area (Å²) in [4.78, 5) is 16.2. The summed E-state index contributed by atoms with van der Waals surface area (Å²) in [6.07, 6.45) is 6.92. The maximum atomic E-state index is 12.2. The smallest absolute Gasteiger partial charge is 0.255 e. The van der Waals surface area contributed by atoms with E-state index in [4.69, 9.17) is 0 Å². The molecule has 0 fully saturated rings. The minimum absolute atomic E-state index is 0.145. The highest BCUT2D eigenvalue weighted by Gasteiger charge is 2.08. The normalized spacial score (nSPS) is 11.8. The van der Waals surface area contributed by atoms with Gasteiger partial charge >= 0.3 is 0 Å². The van der Waals surface area contributed by atoms with Gasteiger partial charge in [-0.3, -0.25) is 9.78 Å². The molecule has 6 nitrogen and oxygen atoms in total. The summed E-state index contributed by atoms with van der Waals surface area (Å²) >= 11 is 0. The number of nitrogens with one attached hydrogen (secondary N) is 2. The van der Waals surface area contributed by atoms with Crippen LogP contribution in [-0.2, 0) is 6.54 Å². The zero-order chi connectivity index (χ0) is 20.8. The molecule has 2 N–H and O–H groups in total. The molecule has 1 unspecified atom stereocenters. The lowest BCUT2D eigenvalue weighted by atomic mass is 10.1. The van der Waals surface area contributed by atoms with Crippen LogP contribution in [0.4, 0.5) is 5.69 Å². The van der Waals surface area contributed by atoms with Crippen LogP contribution in [0.1, 0.15) is 34.5 Å². The van der Waals surface area contributed by atoms with Crippen molar-refractivity contribution in [2.75, 3.05) is 5.32 Å². The average Bonchev–Trinajstić information content (AvgIpc) is 3.34. The summed E-state index contributed by atoms with van der Waals surface area (Å²) in [6.45, 7) is 2.87. The standard InChI is InChI=1S/C24H23N5O/c1-18(26-17-19-4-2-5-23(16-19)29-15-3-12-27-29)20-6-8-22(9-7-20)28-24(30)21-10-13-25-14-11-21/h2-16,18,26H,17H2,1H3,(H,28,30). The second-order valence-corrected chi connectivity index (χ2v) is 7.04. The van der Waals surface area contributed by atoms with Gasteiger partial charge in [0.05, 0.1) is 5.69 Å². The molecule has 4 aromatic rings. The van der Waals surface area contributed by atoms with Gasteiger partial charge in [-0.05, 0) is 60.5 Å². The monoisotopic (exact) mass is 397 g/mol. The van der Waals surface area contributed by atoms with Crippen LogP contribution in [0.3, 0.4) is 0 Å². The molecule has 0 aliphatic carbocycles. The van der Waals surface area contributed by atoms with Crippen molar-refractivity contribution in [3.8, 4) is 5.69 Å². The van der Waals surface area contributed by atoms with Gasteiger partial charge in [0, 0.05) is 48.6 Å². The molecule has 4 rings (SSSR count). The van der Waals surface area contributed by atoms with Gasteiger partial charge in [-0.15, -0.1) is 0 Å². The molecular formula is C24H23N5O. The summed E-state index contributed by atoms with van der Waals surface area (Å²) in [6, 6.07) is 21.7. The van der Waals surface area contributed by atoms with Crippen LogP contribution in [0.2, 0.25) is 0 Å². The van der Waals surface area contributed by atoms with Crippen LogP contribution < -0.4 is 10.6 Å². The van der Waals surface area contributed by atoms with E-state index in [0.29, 0.717) is 5.56 Å². The van der Waals surface area contributed by atoms with Gasteiger partial charge in [-0.2, -0.15) is 5.10 Å². The first-order valence-electron chi connectivity index (χ1n) is 9.83. The Morgan fingerprint density at radius 1 is 1.00 bits per heavy atom. The molecule has 0 saturated heterocycles. The van der Waals surface area contributed by atoms with Gasteiger partial charge < -0.3 is 10.6 Å². The number of amides is 1. The molecule has 6 heteroatoms. The molecule has 2 heterocycles. The third kappa shape index (κ3) is 4.79. The van der Waals surface area contributed by atoms with E-state index < -0.39 is 0 Å². The Kier molecular flexibility index (Phi) is 5.96. The number of hydrogen-bond donors (Lipinski definition) is 2. The van der Waals surface area contributed by atoms with Gasteiger partial charge in [0.25, 0.3) is 5.91 Å². The first-order valence-corrected chi connectivity index (χ1v) is 9.83. The van der Waals surface area contributed by atoms with Crippen molar-refractivity contribution in [2.45, 2.75) is 19.5 Å². The Hall–Kier alpha value is -3.77. The summed E-state index contributed by atoms with van der Waals surface area (Å²) < 4.78 is 1.85. The summed E-state index contributed by atoms with van der Waals surface area (Å²) in [5.74, 6) is -0.145. The number of anilines is 1. The number of aromatic nitrogens is 3. The summed E-state index contributed by atoms with van der Waals surface area (Å²) in [7, 11) is 0. The van der Waals surface area contributed by atoms with E-state index in [1.54, 1.807) is 30.7 Å². The fourth-order valence-corrected chi connectivity index (χ4v) is 3.18. The minimum Gasteiger partial charge on any atom is -0.322 e. The zero-order valence-electron chi connectivity index (χ0n) is 16.7. The fourth-order valence-electron chi connectivity index (χ4n) is 3.18. The van der Waals surface area contributed by atoms with E-state index in [-0.39, 0.29) is 11.9 Å². The average molecular weight is 397 g/mol. The molecule has 0 radical (unpaired) electrons. The molecular weight excluding hydrogens is 374 g/mol. The lowest BCUT2D eigenvalue weighted by molar-refractivity contribution is 0.102. The number of benzene rings is 2. The van der Waals surface area contributed by atoms with Crippen LogP contribution in [0.15, 0.2) is 91.5 Å². The zero-order valence-corrected chi connectivity index (χ0v) is 16.7. The molecule has 0 aliphatic rings. The number of hydrogen-bond acceptors (Lipinski definition) is 4. The Balaban J connectivity index is 1.34. The Labute approximate surface area is 175 Å². The SMILES string of the molecule is CC(NCc1cccc(-n2cccn2)c1)c1ccc(NC(=O)c2ccncc2)cc1. The number of carbonyl (C=O) groups is 1. The molecule has 1 atom stereocenters. The van der Waals surface area contributed by atoms with E-state index in [2.05, 4.69) is 39.8 Å². The molecule has 30 heavy (non-hydrogen) atoms. The quantitative estimate of drug-likeness (QED) is 0.486. The third-order valence-electron chi connectivity index (χ3n) is 4.90. The number of rotatable bonds is 7. The second-order valence-electron chi connectivity index (χ2n) is 7.04. The van der Waals surface area contributed by atoms with Gasteiger partial charge in [0.15, 0.2) is 0 Å². The maximum absolute atomic E-state index is 12.2. The second kappa shape index (κ2) is 9.15. The predicted octanol–water partition coefficient (Wildman–Crippen LogP) is 4.37. The van der Waals surface area contributed by atoms with E-state index in [1.165, 1.54) is 5.56 Å². The van der Waals surface area contributed by atoms with E-state index in [0.717, 1.165) is 23.5 Å². The van der Waals surface area contributed by atoms with Crippen LogP contribution in [0.25, 0.3) is 5.69 Å². The first-order chi connectivity index (χ1) is 14.7. The number of pyridine rings is 1. The molecule has 0 spiro atoms. The maximum Gasteiger partial charge on any atom is 0.255 e. The van der Waals surface area contributed by atoms with Crippen LogP contribution in [0.5, 0.6) is 0 Å². The highest BCUT2D eigenvalue weighted by atomic mass is 16.1. The third-order valence-corrected chi connectivity index (χ3v) is 4.90. The Morgan fingerprint density at radius 3 is 2.53 bits per heavy atom. The van der Waals surface area contributed by atoms with Gasteiger partial charge in [-0.1, -0.05) is 24.3 Å². The summed E-state index contributed by atoms with van der Waals surface area (Å²) in [5.41, 5.74) is 4.73. The van der Waals surface area contributed by atoms with Crippen LogP contribution in [0, 0.1) is 0 Å². The van der Waals surface area contributed by atoms with Crippen molar-refractivity contribution in [3.05, 3.63) is 108 Å². The lowest BCUT2D eigenvalue weighted by Crippen LogP contribution is -2.18. The minimum atomic E-state index is -0.145. The van der Waals surface area contributed by atoms with Crippen LogP contribution >= 0.6 is 0 Å². The van der Waals surface area contributed by atoms with Crippen molar-refractivity contribution < 1.29 is 4.79 Å². The van der Waals surface area contributed by atoms with Crippen molar-refractivity contribution in [2.24, 2.45) is 0 Å². The molecule has 1 amide bonds. The number of nitrogens with zero attached hydrogens (tertiary/aromatic N) is 3. The number of carbonyl (C=O) groups excluding carboxylic acids is 1. The molecule has 0 saturated carbocycles. The molecule has 0 aliphatic heterocycles. The van der Waals surface area contributed by atoms with Gasteiger partial charge in [0.1, 0.15) is 0 Å². The van der Waals surface area contributed by atoms with Crippen molar-refractivity contribution in [1.82, 2.24) is 20.1 Å².